The molecule has 0 saturated carbocycles. The highest BCUT2D eigenvalue weighted by molar-refractivity contribution is 6.29. The molecule has 0 radical (unpaired) electrons. The van der Waals surface area contributed by atoms with Gasteiger partial charge in [-0.05, 0) is 6.92 Å². The van der Waals surface area contributed by atoms with Crippen molar-refractivity contribution in [2.24, 2.45) is 14.1 Å². The maximum absolute atomic E-state index is 12.7. The second-order valence-electron chi connectivity index (χ2n) is 6.04. The average Bonchev–Trinajstić information content (AvgIpc) is 2.96. The summed E-state index contributed by atoms with van der Waals surface area (Å²) in [5.74, 6) is 0.713. The van der Waals surface area contributed by atoms with Crippen molar-refractivity contribution in [3.63, 3.8) is 0 Å². The van der Waals surface area contributed by atoms with Crippen molar-refractivity contribution >= 4 is 28.7 Å². The number of nitrogens with two attached hydrogens (primary N) is 1. The van der Waals surface area contributed by atoms with Crippen LogP contribution in [0.3, 0.4) is 0 Å². The number of rotatable bonds is 3. The zero-order valence-electron chi connectivity index (χ0n) is 14.1. The van der Waals surface area contributed by atoms with Gasteiger partial charge in [-0.25, -0.2) is 4.79 Å². The van der Waals surface area contributed by atoms with Crippen molar-refractivity contribution in [2.45, 2.75) is 13.5 Å². The number of fused-ring (bicyclic) bond motifs is 1. The second kappa shape index (κ2) is 6.45. The van der Waals surface area contributed by atoms with Gasteiger partial charge in [0.1, 0.15) is 0 Å². The summed E-state index contributed by atoms with van der Waals surface area (Å²) in [7, 11) is 3.12. The second-order valence-corrected chi connectivity index (χ2v) is 6.64. The van der Waals surface area contributed by atoms with E-state index in [1.54, 1.807) is 14.0 Å². The number of anilines is 1. The Bertz CT molecular complexity index is 913. The van der Waals surface area contributed by atoms with E-state index < -0.39 is 0 Å². The Kier molecular flexibility index (Phi) is 4.51. The number of quaternary nitrogens is 1. The van der Waals surface area contributed by atoms with Crippen molar-refractivity contribution in [1.82, 2.24) is 18.7 Å². The van der Waals surface area contributed by atoms with Crippen molar-refractivity contribution in [3.8, 4) is 0 Å². The molecule has 3 heterocycles. The minimum absolute atomic E-state index is 0.337. The van der Waals surface area contributed by atoms with E-state index in [1.165, 1.54) is 11.6 Å². The largest absolute Gasteiger partial charge is 0.343 e. The summed E-state index contributed by atoms with van der Waals surface area (Å²) in [4.78, 5) is 31.6. The van der Waals surface area contributed by atoms with Crippen LogP contribution in [0.25, 0.3) is 11.2 Å². The quantitative estimate of drug-likeness (QED) is 0.764. The first kappa shape index (κ1) is 16.8. The van der Waals surface area contributed by atoms with Gasteiger partial charge in [-0.1, -0.05) is 17.7 Å². The van der Waals surface area contributed by atoms with E-state index in [0.29, 0.717) is 28.7 Å². The average molecular weight is 354 g/mol. The van der Waals surface area contributed by atoms with Crippen LogP contribution in [0.15, 0.2) is 20.7 Å². The summed E-state index contributed by atoms with van der Waals surface area (Å²) in [5, 5.41) is 2.90. The molecule has 2 N–H and O–H groups in total. The Labute approximate surface area is 144 Å². The van der Waals surface area contributed by atoms with Crippen LogP contribution in [0.4, 0.5) is 5.95 Å². The normalized spacial score (nSPS) is 16.2. The molecule has 0 aromatic carbocycles. The van der Waals surface area contributed by atoms with E-state index in [0.717, 1.165) is 30.7 Å². The maximum atomic E-state index is 12.7. The van der Waals surface area contributed by atoms with Gasteiger partial charge in [0.05, 0.1) is 26.2 Å². The lowest BCUT2D eigenvalue weighted by atomic mass is 10.4. The molecule has 0 aliphatic carbocycles. The monoisotopic (exact) mass is 353 g/mol. The summed E-state index contributed by atoms with van der Waals surface area (Å²) in [6.07, 6.45) is 1.84. The van der Waals surface area contributed by atoms with Crippen LogP contribution < -0.4 is 21.5 Å². The van der Waals surface area contributed by atoms with Gasteiger partial charge in [0.25, 0.3) is 5.56 Å². The van der Waals surface area contributed by atoms with Gasteiger partial charge in [0, 0.05) is 25.7 Å². The van der Waals surface area contributed by atoms with Crippen molar-refractivity contribution in [3.05, 3.63) is 31.9 Å². The summed E-state index contributed by atoms with van der Waals surface area (Å²) >= 11 is 5.98. The maximum Gasteiger partial charge on any atom is 0.332 e. The molecule has 1 aliphatic rings. The molecule has 1 fully saturated rings. The molecule has 2 aromatic heterocycles. The van der Waals surface area contributed by atoms with Gasteiger partial charge in [-0.15, -0.1) is 0 Å². The van der Waals surface area contributed by atoms with E-state index in [9.17, 15) is 9.59 Å². The molecule has 0 atom stereocenters. The highest BCUT2D eigenvalue weighted by Gasteiger charge is 2.24. The lowest BCUT2D eigenvalue weighted by Gasteiger charge is -2.26. The number of imidazole rings is 1. The van der Waals surface area contributed by atoms with E-state index in [-0.39, 0.29) is 11.2 Å². The molecule has 0 unspecified atom stereocenters. The van der Waals surface area contributed by atoms with Gasteiger partial charge in [-0.3, -0.25) is 13.9 Å². The smallest absolute Gasteiger partial charge is 0.332 e. The Morgan fingerprint density at radius 3 is 2.54 bits per heavy atom. The molecule has 0 bridgehead atoms. The summed E-state index contributed by atoms with van der Waals surface area (Å²) in [6.45, 7) is 5.89. The molecule has 1 aliphatic heterocycles. The van der Waals surface area contributed by atoms with Gasteiger partial charge in [-0.2, -0.15) is 4.98 Å². The lowest BCUT2D eigenvalue weighted by Crippen LogP contribution is -2.89. The molecule has 0 spiro atoms. The van der Waals surface area contributed by atoms with Crippen LogP contribution in [-0.2, 0) is 20.6 Å². The molecule has 2 aromatic rings. The highest BCUT2D eigenvalue weighted by Crippen LogP contribution is 2.20. The summed E-state index contributed by atoms with van der Waals surface area (Å²) in [5.41, 5.74) is 0.127. The topological polar surface area (TPSA) is 81.7 Å². The minimum atomic E-state index is -0.375. The van der Waals surface area contributed by atoms with Crippen LogP contribution in [0, 0.1) is 0 Å². The van der Waals surface area contributed by atoms with Crippen LogP contribution in [0.1, 0.15) is 6.92 Å². The first-order valence-corrected chi connectivity index (χ1v) is 8.34. The van der Waals surface area contributed by atoms with Crippen LogP contribution in [0.5, 0.6) is 0 Å². The Morgan fingerprint density at radius 2 is 1.92 bits per heavy atom. The van der Waals surface area contributed by atoms with Crippen LogP contribution in [-0.4, -0.2) is 44.9 Å². The van der Waals surface area contributed by atoms with Gasteiger partial charge < -0.3 is 14.8 Å². The third-order valence-electron chi connectivity index (χ3n) is 4.37. The van der Waals surface area contributed by atoms with E-state index >= 15 is 0 Å². The third kappa shape index (κ3) is 2.76. The zero-order valence-corrected chi connectivity index (χ0v) is 14.9. The fourth-order valence-electron chi connectivity index (χ4n) is 3.02. The predicted molar refractivity (Wildman–Crippen MR) is 93.7 cm³/mol. The van der Waals surface area contributed by atoms with Crippen molar-refractivity contribution in [1.29, 1.82) is 0 Å². The lowest BCUT2D eigenvalue weighted by molar-refractivity contribution is -0.655. The summed E-state index contributed by atoms with van der Waals surface area (Å²) in [6, 6.07) is 0. The number of nitrogens with zero attached hydrogens (tertiary/aromatic N) is 5. The number of hydrogen-bond donors (Lipinski definition) is 1. The van der Waals surface area contributed by atoms with Crippen molar-refractivity contribution in [2.75, 3.05) is 31.1 Å². The summed E-state index contributed by atoms with van der Waals surface area (Å²) < 4.78 is 4.39. The number of allylic oxidation sites excluding steroid dienone is 2. The predicted octanol–water partition coefficient (Wildman–Crippen LogP) is -1.04. The molecule has 130 valence electrons. The molecule has 9 heteroatoms. The molecule has 0 amide bonds. The van der Waals surface area contributed by atoms with E-state index in [2.05, 4.69) is 15.2 Å². The standard InChI is InChI=1S/C15H21ClN6O2/c1-10(16)4-7-22-11-12(19(2)15(24)20(3)13(11)23)18-14(22)21-8-5-17-6-9-21/h4,17H,5-9H2,1-3H3/p+1/b10-4-. The highest BCUT2D eigenvalue weighted by atomic mass is 35.5. The molecule has 3 rings (SSSR count). The van der Waals surface area contributed by atoms with E-state index in [4.69, 9.17) is 11.6 Å². The van der Waals surface area contributed by atoms with Crippen LogP contribution >= 0.6 is 11.6 Å². The van der Waals surface area contributed by atoms with E-state index in [1.807, 2.05) is 10.6 Å². The number of halogens is 1. The Morgan fingerprint density at radius 1 is 1.25 bits per heavy atom. The Hall–Kier alpha value is -2.06. The molecule has 1 saturated heterocycles. The molecular weight excluding hydrogens is 332 g/mol. The van der Waals surface area contributed by atoms with Crippen molar-refractivity contribution < 1.29 is 5.32 Å². The molecule has 8 nitrogen and oxygen atoms in total. The first-order chi connectivity index (χ1) is 11.4. The van der Waals surface area contributed by atoms with Crippen LogP contribution in [0.2, 0.25) is 0 Å². The number of aryl methyl sites for hydroxylation is 1. The van der Waals surface area contributed by atoms with Gasteiger partial charge in [0.2, 0.25) is 5.95 Å². The van der Waals surface area contributed by atoms with Gasteiger partial charge >= 0.3 is 5.69 Å². The SMILES string of the molecule is C/C(Cl)=C/Cn1c(N2CC[NH2+]CC2)nc2c1c(=O)n(C)c(=O)n2C. The number of hydrogen-bond acceptors (Lipinski definition) is 4. The first-order valence-electron chi connectivity index (χ1n) is 7.97. The minimum Gasteiger partial charge on any atom is -0.343 e. The Balaban J connectivity index is 2.30. The molecule has 24 heavy (non-hydrogen) atoms. The fraction of sp³-hybridized carbons (Fsp3) is 0.533. The number of piperazine rings is 1. The zero-order chi connectivity index (χ0) is 17.4. The fourth-order valence-corrected chi connectivity index (χ4v) is 3.09. The van der Waals surface area contributed by atoms with Gasteiger partial charge in [0.15, 0.2) is 11.2 Å². The molecular formula is C15H22ClN6O2+. The number of aromatic nitrogens is 4. The third-order valence-corrected chi connectivity index (χ3v) is 4.53.